The molecule has 0 aliphatic rings. The van der Waals surface area contributed by atoms with E-state index in [0.29, 0.717) is 6.54 Å². The molecule has 0 saturated heterocycles. The highest BCUT2D eigenvalue weighted by molar-refractivity contribution is 5.67. The van der Waals surface area contributed by atoms with Crippen molar-refractivity contribution in [1.82, 2.24) is 5.32 Å². The SMILES string of the molecule is CCC/C(C)=C(/NCc1ccc(F)cc1)c1ccc([N+](=O)[O-])cc1. The number of halogens is 1. The molecule has 0 saturated carbocycles. The summed E-state index contributed by atoms with van der Waals surface area (Å²) in [5, 5.41) is 14.2. The molecule has 126 valence electrons. The third-order valence-corrected chi connectivity index (χ3v) is 3.80. The van der Waals surface area contributed by atoms with Gasteiger partial charge in [0.15, 0.2) is 0 Å². The Balaban J connectivity index is 2.23. The van der Waals surface area contributed by atoms with E-state index in [2.05, 4.69) is 19.2 Å². The van der Waals surface area contributed by atoms with Gasteiger partial charge in [0.05, 0.1) is 4.92 Å². The van der Waals surface area contributed by atoms with Gasteiger partial charge in [0, 0.05) is 24.4 Å². The summed E-state index contributed by atoms with van der Waals surface area (Å²) in [4.78, 5) is 10.4. The first-order valence-corrected chi connectivity index (χ1v) is 7.94. The highest BCUT2D eigenvalue weighted by atomic mass is 19.1. The lowest BCUT2D eigenvalue weighted by Crippen LogP contribution is -2.14. The van der Waals surface area contributed by atoms with Gasteiger partial charge in [-0.3, -0.25) is 10.1 Å². The molecule has 0 unspecified atom stereocenters. The molecule has 24 heavy (non-hydrogen) atoms. The molecule has 0 spiro atoms. The zero-order valence-electron chi connectivity index (χ0n) is 13.9. The zero-order valence-corrected chi connectivity index (χ0v) is 13.9. The van der Waals surface area contributed by atoms with Crippen molar-refractivity contribution in [2.45, 2.75) is 33.2 Å². The summed E-state index contributed by atoms with van der Waals surface area (Å²) in [7, 11) is 0. The number of nitro groups is 1. The van der Waals surface area contributed by atoms with E-state index in [1.165, 1.54) is 29.8 Å². The van der Waals surface area contributed by atoms with Gasteiger partial charge < -0.3 is 5.32 Å². The maximum atomic E-state index is 13.0. The van der Waals surface area contributed by atoms with Crippen molar-refractivity contribution in [1.29, 1.82) is 0 Å². The van der Waals surface area contributed by atoms with Crippen LogP contribution in [-0.4, -0.2) is 4.92 Å². The van der Waals surface area contributed by atoms with Crippen molar-refractivity contribution in [3.63, 3.8) is 0 Å². The van der Waals surface area contributed by atoms with Gasteiger partial charge in [-0.2, -0.15) is 0 Å². The van der Waals surface area contributed by atoms with Crippen LogP contribution in [0, 0.1) is 15.9 Å². The van der Waals surface area contributed by atoms with Gasteiger partial charge in [-0.25, -0.2) is 4.39 Å². The van der Waals surface area contributed by atoms with Crippen LogP contribution in [0.2, 0.25) is 0 Å². The van der Waals surface area contributed by atoms with E-state index in [4.69, 9.17) is 0 Å². The maximum Gasteiger partial charge on any atom is 0.269 e. The number of nitrogens with zero attached hydrogens (tertiary/aromatic N) is 1. The first-order valence-electron chi connectivity index (χ1n) is 7.94. The molecule has 0 atom stereocenters. The minimum atomic E-state index is -0.405. The molecule has 2 aromatic rings. The Morgan fingerprint density at radius 3 is 2.29 bits per heavy atom. The van der Waals surface area contributed by atoms with Crippen LogP contribution in [0.4, 0.5) is 10.1 Å². The number of benzene rings is 2. The monoisotopic (exact) mass is 328 g/mol. The van der Waals surface area contributed by atoms with Crippen LogP contribution < -0.4 is 5.32 Å². The molecule has 0 amide bonds. The van der Waals surface area contributed by atoms with Crippen molar-refractivity contribution in [3.05, 3.63) is 81.2 Å². The molecule has 0 heterocycles. The van der Waals surface area contributed by atoms with E-state index < -0.39 is 4.92 Å². The van der Waals surface area contributed by atoms with E-state index in [1.54, 1.807) is 24.3 Å². The Hall–Kier alpha value is -2.69. The summed E-state index contributed by atoms with van der Waals surface area (Å²) in [5.41, 5.74) is 4.11. The molecular weight excluding hydrogens is 307 g/mol. The minimum Gasteiger partial charge on any atom is -0.381 e. The highest BCUT2D eigenvalue weighted by Gasteiger charge is 2.09. The van der Waals surface area contributed by atoms with Crippen LogP contribution in [0.5, 0.6) is 0 Å². The smallest absolute Gasteiger partial charge is 0.269 e. The predicted octanol–water partition coefficient (Wildman–Crippen LogP) is 5.05. The van der Waals surface area contributed by atoms with Crippen LogP contribution in [0.1, 0.15) is 37.8 Å². The fourth-order valence-corrected chi connectivity index (χ4v) is 2.54. The second kappa shape index (κ2) is 8.24. The van der Waals surface area contributed by atoms with Gasteiger partial charge in [0.25, 0.3) is 5.69 Å². The average Bonchev–Trinajstić information content (AvgIpc) is 2.57. The fourth-order valence-electron chi connectivity index (χ4n) is 2.54. The van der Waals surface area contributed by atoms with Gasteiger partial charge in [0.2, 0.25) is 0 Å². The molecule has 0 bridgehead atoms. The van der Waals surface area contributed by atoms with Crippen LogP contribution in [0.15, 0.2) is 54.1 Å². The molecule has 4 nitrogen and oxygen atoms in total. The van der Waals surface area contributed by atoms with E-state index in [9.17, 15) is 14.5 Å². The van der Waals surface area contributed by atoms with Crippen molar-refractivity contribution >= 4 is 11.4 Å². The zero-order chi connectivity index (χ0) is 17.5. The lowest BCUT2D eigenvalue weighted by atomic mass is 10.0. The number of allylic oxidation sites excluding steroid dienone is 1. The fraction of sp³-hybridized carbons (Fsp3) is 0.263. The molecule has 0 radical (unpaired) electrons. The van der Waals surface area contributed by atoms with Crippen LogP contribution in [-0.2, 0) is 6.54 Å². The number of non-ortho nitro benzene ring substituents is 1. The van der Waals surface area contributed by atoms with Crippen LogP contribution in [0.3, 0.4) is 0 Å². The van der Waals surface area contributed by atoms with Gasteiger partial charge in [0.1, 0.15) is 5.82 Å². The first kappa shape index (κ1) is 17.7. The van der Waals surface area contributed by atoms with Gasteiger partial charge in [-0.05, 0) is 54.3 Å². The number of hydrogen-bond donors (Lipinski definition) is 1. The van der Waals surface area contributed by atoms with E-state index in [1.807, 2.05) is 0 Å². The molecule has 0 aromatic heterocycles. The Labute approximate surface area is 141 Å². The van der Waals surface area contributed by atoms with Crippen molar-refractivity contribution in [2.75, 3.05) is 0 Å². The topological polar surface area (TPSA) is 55.2 Å². The van der Waals surface area contributed by atoms with Gasteiger partial charge in [-0.1, -0.05) is 25.5 Å². The summed E-state index contributed by atoms with van der Waals surface area (Å²) in [5.74, 6) is -0.257. The number of nitrogens with one attached hydrogen (secondary N) is 1. The van der Waals surface area contributed by atoms with Gasteiger partial charge >= 0.3 is 0 Å². The van der Waals surface area contributed by atoms with Crippen LogP contribution in [0.25, 0.3) is 5.70 Å². The lowest BCUT2D eigenvalue weighted by Gasteiger charge is -2.15. The minimum absolute atomic E-state index is 0.0739. The molecule has 5 heteroatoms. The number of hydrogen-bond acceptors (Lipinski definition) is 3. The van der Waals surface area contributed by atoms with Gasteiger partial charge in [-0.15, -0.1) is 0 Å². The predicted molar refractivity (Wildman–Crippen MR) is 93.8 cm³/mol. The second-order valence-electron chi connectivity index (χ2n) is 5.69. The molecule has 1 N–H and O–H groups in total. The molecule has 2 aromatic carbocycles. The standard InChI is InChI=1S/C19H21FN2O2/c1-3-4-14(2)19(16-7-11-18(12-8-16)22(23)24)21-13-15-5-9-17(20)10-6-15/h5-12,21H,3-4,13H2,1-2H3/b19-14+. The summed E-state index contributed by atoms with van der Waals surface area (Å²) in [6.07, 6.45) is 1.95. The second-order valence-corrected chi connectivity index (χ2v) is 5.69. The molecule has 2 rings (SSSR count). The summed E-state index contributed by atoms with van der Waals surface area (Å²) in [6.45, 7) is 4.72. The Kier molecular flexibility index (Phi) is 6.07. The van der Waals surface area contributed by atoms with Crippen molar-refractivity contribution in [3.8, 4) is 0 Å². The largest absolute Gasteiger partial charge is 0.381 e. The normalized spacial score (nSPS) is 11.8. The van der Waals surface area contributed by atoms with E-state index >= 15 is 0 Å². The molecule has 0 aliphatic heterocycles. The quantitative estimate of drug-likeness (QED) is 0.571. The highest BCUT2D eigenvalue weighted by Crippen LogP contribution is 2.22. The molecule has 0 fully saturated rings. The summed E-state index contributed by atoms with van der Waals surface area (Å²) in [6, 6.07) is 12.9. The van der Waals surface area contributed by atoms with Crippen LogP contribution >= 0.6 is 0 Å². The Morgan fingerprint density at radius 2 is 1.75 bits per heavy atom. The van der Waals surface area contributed by atoms with E-state index in [0.717, 1.165) is 29.7 Å². The van der Waals surface area contributed by atoms with Crippen molar-refractivity contribution < 1.29 is 9.31 Å². The van der Waals surface area contributed by atoms with Crippen molar-refractivity contribution in [2.24, 2.45) is 0 Å². The Morgan fingerprint density at radius 1 is 1.12 bits per heavy atom. The Bertz CT molecular complexity index is 722. The number of nitro benzene ring substituents is 1. The maximum absolute atomic E-state index is 13.0. The lowest BCUT2D eigenvalue weighted by molar-refractivity contribution is -0.384. The number of rotatable bonds is 7. The third-order valence-electron chi connectivity index (χ3n) is 3.80. The summed E-state index contributed by atoms with van der Waals surface area (Å²) < 4.78 is 13.0. The van der Waals surface area contributed by atoms with E-state index in [-0.39, 0.29) is 11.5 Å². The first-order chi connectivity index (χ1) is 11.5. The average molecular weight is 328 g/mol. The summed E-state index contributed by atoms with van der Waals surface area (Å²) >= 11 is 0. The third kappa shape index (κ3) is 4.65. The molecule has 0 aliphatic carbocycles. The molecular formula is C19H21FN2O2.